The smallest absolute Gasteiger partial charge is 0.159 e. The SMILES string of the molecule is CCC[C@]12CC[C@@](C)(O)C[C@@H]1CC[C@H]1[C@@H]3CC[C@H](C(=O)Cn4nccn4)[C@@]3(C)CC[C@@H]12. The number of nitrogens with zero attached hydrogens (tertiary/aromatic N) is 3. The Labute approximate surface area is 187 Å². The van der Waals surface area contributed by atoms with E-state index < -0.39 is 5.60 Å². The summed E-state index contributed by atoms with van der Waals surface area (Å²) in [6, 6.07) is 0. The van der Waals surface area contributed by atoms with Gasteiger partial charge >= 0.3 is 0 Å². The lowest BCUT2D eigenvalue weighted by atomic mass is 9.42. The molecule has 0 aromatic carbocycles. The van der Waals surface area contributed by atoms with E-state index in [9.17, 15) is 9.90 Å². The Bertz CT molecular complexity index is 806. The van der Waals surface area contributed by atoms with Crippen molar-refractivity contribution in [2.75, 3.05) is 0 Å². The zero-order chi connectivity index (χ0) is 21.9. The quantitative estimate of drug-likeness (QED) is 0.715. The molecule has 0 bridgehead atoms. The molecule has 4 saturated carbocycles. The molecular formula is C26H41N3O2. The van der Waals surface area contributed by atoms with Crippen LogP contribution in [0.3, 0.4) is 0 Å². The van der Waals surface area contributed by atoms with Crippen molar-refractivity contribution in [1.29, 1.82) is 0 Å². The van der Waals surface area contributed by atoms with E-state index in [2.05, 4.69) is 31.0 Å². The third kappa shape index (κ3) is 3.41. The summed E-state index contributed by atoms with van der Waals surface area (Å²) >= 11 is 0. The number of carbonyl (C=O) groups is 1. The summed E-state index contributed by atoms with van der Waals surface area (Å²) in [5.41, 5.74) is 0.109. The summed E-state index contributed by atoms with van der Waals surface area (Å²) in [5.74, 6) is 3.43. The number of Topliss-reactive ketones (excluding diaryl/α,β-unsaturated/α-hetero) is 1. The van der Waals surface area contributed by atoms with Gasteiger partial charge in [0.15, 0.2) is 5.78 Å². The van der Waals surface area contributed by atoms with E-state index in [1.807, 2.05) is 0 Å². The maximum atomic E-state index is 13.3. The van der Waals surface area contributed by atoms with Gasteiger partial charge < -0.3 is 5.11 Å². The average Bonchev–Trinajstić information content (AvgIpc) is 3.35. The minimum absolute atomic E-state index is 0.145. The Morgan fingerprint density at radius 1 is 1.03 bits per heavy atom. The van der Waals surface area contributed by atoms with E-state index in [-0.39, 0.29) is 11.3 Å². The number of fused-ring (bicyclic) bond motifs is 5. The molecule has 4 aliphatic rings. The fraction of sp³-hybridized carbons (Fsp3) is 0.885. The zero-order valence-electron chi connectivity index (χ0n) is 19.7. The summed E-state index contributed by atoms with van der Waals surface area (Å²) in [4.78, 5) is 14.8. The molecule has 0 saturated heterocycles. The van der Waals surface area contributed by atoms with Crippen LogP contribution in [-0.4, -0.2) is 31.5 Å². The van der Waals surface area contributed by atoms with Crippen LogP contribution in [-0.2, 0) is 11.3 Å². The van der Waals surface area contributed by atoms with Crippen LogP contribution in [0.1, 0.15) is 91.4 Å². The van der Waals surface area contributed by atoms with E-state index in [1.54, 1.807) is 17.2 Å². The Morgan fingerprint density at radius 3 is 2.55 bits per heavy atom. The van der Waals surface area contributed by atoms with Gasteiger partial charge in [-0.25, -0.2) is 0 Å². The van der Waals surface area contributed by atoms with Crippen LogP contribution in [0.4, 0.5) is 0 Å². The number of hydrogen-bond acceptors (Lipinski definition) is 4. The van der Waals surface area contributed by atoms with Crippen LogP contribution in [0.15, 0.2) is 12.4 Å². The van der Waals surface area contributed by atoms with E-state index in [4.69, 9.17) is 0 Å². The number of aliphatic hydroxyl groups is 1. The third-order valence-electron chi connectivity index (χ3n) is 10.5. The molecule has 1 N–H and O–H groups in total. The summed E-state index contributed by atoms with van der Waals surface area (Å²) in [5, 5.41) is 19.2. The van der Waals surface area contributed by atoms with Gasteiger partial charge in [-0.2, -0.15) is 15.0 Å². The lowest BCUT2D eigenvalue weighted by molar-refractivity contribution is -0.160. The van der Waals surface area contributed by atoms with Crippen molar-refractivity contribution < 1.29 is 9.90 Å². The molecule has 0 amide bonds. The molecule has 0 unspecified atom stereocenters. The highest BCUT2D eigenvalue weighted by atomic mass is 16.3. The molecule has 0 radical (unpaired) electrons. The molecule has 5 nitrogen and oxygen atoms in total. The summed E-state index contributed by atoms with van der Waals surface area (Å²) in [7, 11) is 0. The van der Waals surface area contributed by atoms with Crippen LogP contribution in [0.25, 0.3) is 0 Å². The first-order valence-electron chi connectivity index (χ1n) is 12.9. The van der Waals surface area contributed by atoms with Crippen LogP contribution in [0.2, 0.25) is 0 Å². The number of aromatic nitrogens is 3. The topological polar surface area (TPSA) is 68.0 Å². The largest absolute Gasteiger partial charge is 0.390 e. The first-order chi connectivity index (χ1) is 14.8. The van der Waals surface area contributed by atoms with Gasteiger partial charge in [-0.3, -0.25) is 4.79 Å². The van der Waals surface area contributed by atoms with Crippen LogP contribution in [0.5, 0.6) is 0 Å². The molecule has 4 fully saturated rings. The highest BCUT2D eigenvalue weighted by Gasteiger charge is 2.62. The summed E-state index contributed by atoms with van der Waals surface area (Å²) in [6.45, 7) is 7.17. The number of rotatable bonds is 5. The van der Waals surface area contributed by atoms with Gasteiger partial charge in [0.05, 0.1) is 18.0 Å². The molecule has 1 heterocycles. The second kappa shape index (κ2) is 7.67. The number of carbonyl (C=O) groups excluding carboxylic acids is 1. The highest BCUT2D eigenvalue weighted by Crippen LogP contribution is 2.69. The zero-order valence-corrected chi connectivity index (χ0v) is 19.7. The van der Waals surface area contributed by atoms with Gasteiger partial charge in [-0.1, -0.05) is 20.3 Å². The van der Waals surface area contributed by atoms with Crippen LogP contribution < -0.4 is 0 Å². The molecule has 1 aromatic heterocycles. The maximum absolute atomic E-state index is 13.3. The Balaban J connectivity index is 1.38. The third-order valence-corrected chi connectivity index (χ3v) is 10.5. The molecular weight excluding hydrogens is 386 g/mol. The van der Waals surface area contributed by atoms with Gasteiger partial charge in [0.1, 0.15) is 6.54 Å². The Kier molecular flexibility index (Phi) is 5.35. The van der Waals surface area contributed by atoms with Gasteiger partial charge in [0, 0.05) is 5.92 Å². The molecule has 0 spiro atoms. The van der Waals surface area contributed by atoms with E-state index in [0.717, 1.165) is 31.1 Å². The maximum Gasteiger partial charge on any atom is 0.159 e. The van der Waals surface area contributed by atoms with Crippen molar-refractivity contribution in [2.24, 2.45) is 40.4 Å². The molecule has 1 aromatic rings. The van der Waals surface area contributed by atoms with Crippen LogP contribution in [0, 0.1) is 40.4 Å². The van der Waals surface area contributed by atoms with Crippen molar-refractivity contribution in [3.8, 4) is 0 Å². The first kappa shape index (κ1) is 21.6. The normalized spacial score (nSPS) is 46.8. The van der Waals surface area contributed by atoms with Crippen molar-refractivity contribution in [3.05, 3.63) is 12.4 Å². The summed E-state index contributed by atoms with van der Waals surface area (Å²) < 4.78 is 0. The monoisotopic (exact) mass is 427 g/mol. The fourth-order valence-corrected chi connectivity index (χ4v) is 9.30. The molecule has 5 rings (SSSR count). The van der Waals surface area contributed by atoms with Crippen molar-refractivity contribution in [1.82, 2.24) is 15.0 Å². The fourth-order valence-electron chi connectivity index (χ4n) is 9.30. The number of hydrogen-bond donors (Lipinski definition) is 1. The van der Waals surface area contributed by atoms with Gasteiger partial charge in [-0.05, 0) is 106 Å². The minimum Gasteiger partial charge on any atom is -0.390 e. The number of ketones is 1. The molecule has 5 heteroatoms. The van der Waals surface area contributed by atoms with E-state index in [1.165, 1.54) is 51.4 Å². The van der Waals surface area contributed by atoms with Gasteiger partial charge in [-0.15, -0.1) is 0 Å². The molecule has 31 heavy (non-hydrogen) atoms. The average molecular weight is 428 g/mol. The second-order valence-electron chi connectivity index (χ2n) is 12.0. The second-order valence-corrected chi connectivity index (χ2v) is 12.0. The standard InChI is InChI=1S/C26H41N3O2/c1-4-10-26-13-12-24(2,31)16-18(26)5-6-19-20-7-8-22(25(20,3)11-9-21(19)26)23(30)17-29-27-14-15-28-29/h14-15,18-22,31H,4-13,16-17H2,1-3H3/t18-,19-,20-,21-,22+,24+,25-,26-/m0/s1. The van der Waals surface area contributed by atoms with E-state index in [0.29, 0.717) is 29.6 Å². The van der Waals surface area contributed by atoms with Crippen molar-refractivity contribution in [2.45, 2.75) is 104 Å². The lowest BCUT2D eigenvalue weighted by Crippen LogP contribution is -2.56. The Hall–Kier alpha value is -1.23. The molecule has 0 aliphatic heterocycles. The lowest BCUT2D eigenvalue weighted by Gasteiger charge is -2.63. The highest BCUT2D eigenvalue weighted by molar-refractivity contribution is 5.82. The predicted octanol–water partition coefficient (Wildman–Crippen LogP) is 5.04. The van der Waals surface area contributed by atoms with Gasteiger partial charge in [0.2, 0.25) is 0 Å². The predicted molar refractivity (Wildman–Crippen MR) is 120 cm³/mol. The molecule has 8 atom stereocenters. The van der Waals surface area contributed by atoms with Gasteiger partial charge in [0.25, 0.3) is 0 Å². The van der Waals surface area contributed by atoms with Crippen molar-refractivity contribution in [3.63, 3.8) is 0 Å². The van der Waals surface area contributed by atoms with E-state index >= 15 is 0 Å². The molecule has 172 valence electrons. The van der Waals surface area contributed by atoms with Crippen LogP contribution >= 0.6 is 0 Å². The first-order valence-corrected chi connectivity index (χ1v) is 12.9. The molecule has 4 aliphatic carbocycles. The minimum atomic E-state index is -0.469. The van der Waals surface area contributed by atoms with Crippen molar-refractivity contribution >= 4 is 5.78 Å². The summed E-state index contributed by atoms with van der Waals surface area (Å²) in [6.07, 6.45) is 16.4. The Morgan fingerprint density at radius 2 is 1.81 bits per heavy atom.